The van der Waals surface area contributed by atoms with E-state index in [0.29, 0.717) is 5.92 Å². The van der Waals surface area contributed by atoms with Gasteiger partial charge in [0.05, 0.1) is 0 Å². The van der Waals surface area contributed by atoms with Crippen LogP contribution < -0.4 is 0 Å². The molecule has 0 spiro atoms. The lowest BCUT2D eigenvalue weighted by atomic mass is 10.1. The molecular weight excluding hydrogens is 341 g/mol. The Balaban J connectivity index is 5.39. The Bertz CT molecular complexity index is 286. The van der Waals surface area contributed by atoms with E-state index in [0.717, 1.165) is 12.5 Å². The minimum atomic E-state index is -2.61. The molecule has 0 N–H and O–H groups in total. The van der Waals surface area contributed by atoms with Crippen molar-refractivity contribution in [3.05, 3.63) is 6.42 Å². The molecular formula is C15H39O3Si4. The Morgan fingerprint density at radius 1 is 0.682 bits per heavy atom. The Labute approximate surface area is 143 Å². The van der Waals surface area contributed by atoms with Crippen LogP contribution in [0.5, 0.6) is 0 Å². The summed E-state index contributed by atoms with van der Waals surface area (Å²) in [4.78, 5) is 0. The fraction of sp³-hybridized carbons (Fsp3) is 0.933. The van der Waals surface area contributed by atoms with Crippen LogP contribution in [0.15, 0.2) is 0 Å². The van der Waals surface area contributed by atoms with Crippen molar-refractivity contribution < 1.29 is 12.3 Å². The van der Waals surface area contributed by atoms with Crippen molar-refractivity contribution in [2.45, 2.75) is 85.2 Å². The average Bonchev–Trinajstić information content (AvgIpc) is 2.05. The van der Waals surface area contributed by atoms with Gasteiger partial charge >= 0.3 is 8.80 Å². The minimum Gasteiger partial charge on any atom is -0.417 e. The van der Waals surface area contributed by atoms with Crippen LogP contribution in [0.3, 0.4) is 0 Å². The molecule has 0 amide bonds. The highest BCUT2D eigenvalue weighted by Crippen LogP contribution is 2.30. The first-order valence-electron chi connectivity index (χ1n) is 8.47. The van der Waals surface area contributed by atoms with E-state index in [1.54, 1.807) is 0 Å². The van der Waals surface area contributed by atoms with Gasteiger partial charge in [0.1, 0.15) is 0 Å². The SMILES string of the molecule is CC(C)[CH]CC[Si](O[Si](C)(C)C)(O[Si](C)(C)C)O[Si](C)(C)C. The molecule has 0 heterocycles. The van der Waals surface area contributed by atoms with Crippen LogP contribution in [0.1, 0.15) is 20.3 Å². The standard InChI is InChI=1S/C15H39O3Si4/c1-15(2)13-12-14-22(16-19(3,4)5,17-20(6,7)8)18-21(9,10)11/h13,15H,12,14H2,1-11H3. The summed E-state index contributed by atoms with van der Waals surface area (Å²) in [6.45, 7) is 24.6. The molecule has 0 aliphatic heterocycles. The average molecular weight is 380 g/mol. The van der Waals surface area contributed by atoms with Crippen LogP contribution in [0.25, 0.3) is 0 Å². The Hall–Kier alpha value is 0.748. The van der Waals surface area contributed by atoms with Crippen molar-refractivity contribution in [1.29, 1.82) is 0 Å². The van der Waals surface area contributed by atoms with Crippen LogP contribution in [-0.4, -0.2) is 33.8 Å². The van der Waals surface area contributed by atoms with Crippen LogP contribution in [-0.2, 0) is 12.3 Å². The highest BCUT2D eigenvalue weighted by molar-refractivity contribution is 6.90. The maximum absolute atomic E-state index is 6.64. The van der Waals surface area contributed by atoms with E-state index in [4.69, 9.17) is 12.3 Å². The summed E-state index contributed by atoms with van der Waals surface area (Å²) >= 11 is 0. The Morgan fingerprint density at radius 2 is 1.00 bits per heavy atom. The molecule has 0 unspecified atom stereocenters. The quantitative estimate of drug-likeness (QED) is 0.454. The van der Waals surface area contributed by atoms with Crippen molar-refractivity contribution in [2.24, 2.45) is 5.92 Å². The van der Waals surface area contributed by atoms with Crippen molar-refractivity contribution >= 4 is 33.8 Å². The zero-order chi connectivity index (χ0) is 17.8. The van der Waals surface area contributed by atoms with Gasteiger partial charge in [0.15, 0.2) is 25.0 Å². The summed E-state index contributed by atoms with van der Waals surface area (Å²) in [5.74, 6) is 0.595. The van der Waals surface area contributed by atoms with Gasteiger partial charge in [-0.25, -0.2) is 0 Å². The fourth-order valence-corrected chi connectivity index (χ4v) is 16.8. The molecule has 7 heteroatoms. The Morgan fingerprint density at radius 3 is 1.23 bits per heavy atom. The van der Waals surface area contributed by atoms with Gasteiger partial charge in [-0.15, -0.1) is 0 Å². The molecule has 0 aromatic rings. The predicted octanol–water partition coefficient (Wildman–Crippen LogP) is 5.73. The number of rotatable bonds is 10. The lowest BCUT2D eigenvalue weighted by molar-refractivity contribution is 0.251. The Kier molecular flexibility index (Phi) is 8.50. The second-order valence-electron chi connectivity index (χ2n) is 9.34. The molecule has 0 rings (SSSR count). The van der Waals surface area contributed by atoms with Crippen molar-refractivity contribution in [3.63, 3.8) is 0 Å². The van der Waals surface area contributed by atoms with Gasteiger partial charge in [-0.1, -0.05) is 13.8 Å². The van der Waals surface area contributed by atoms with Gasteiger partial charge in [0, 0.05) is 6.04 Å². The molecule has 133 valence electrons. The number of hydrogen-bond acceptors (Lipinski definition) is 3. The van der Waals surface area contributed by atoms with Gasteiger partial charge < -0.3 is 12.3 Å². The third kappa shape index (κ3) is 12.2. The topological polar surface area (TPSA) is 27.7 Å². The second-order valence-corrected chi connectivity index (χ2v) is 26.3. The van der Waals surface area contributed by atoms with E-state index in [1.165, 1.54) is 0 Å². The highest BCUT2D eigenvalue weighted by Gasteiger charge is 2.49. The highest BCUT2D eigenvalue weighted by atomic mass is 28.5. The summed E-state index contributed by atoms with van der Waals surface area (Å²) in [6.07, 6.45) is 3.37. The van der Waals surface area contributed by atoms with Gasteiger partial charge in [-0.05, 0) is 77.7 Å². The number of hydrogen-bond donors (Lipinski definition) is 0. The molecule has 0 aromatic carbocycles. The lowest BCUT2D eigenvalue weighted by Crippen LogP contribution is -2.60. The summed E-state index contributed by atoms with van der Waals surface area (Å²) < 4.78 is 19.9. The van der Waals surface area contributed by atoms with Crippen LogP contribution in [0.2, 0.25) is 65.0 Å². The predicted molar refractivity (Wildman–Crippen MR) is 108 cm³/mol. The van der Waals surface area contributed by atoms with Crippen molar-refractivity contribution in [2.75, 3.05) is 0 Å². The van der Waals surface area contributed by atoms with Crippen LogP contribution in [0, 0.1) is 12.3 Å². The first kappa shape index (κ1) is 22.7. The second kappa shape index (κ2) is 8.22. The van der Waals surface area contributed by atoms with Gasteiger partial charge in [-0.3, -0.25) is 0 Å². The molecule has 0 saturated carbocycles. The molecule has 0 aliphatic carbocycles. The first-order chi connectivity index (χ1) is 9.54. The van der Waals surface area contributed by atoms with E-state index in [1.807, 2.05) is 0 Å². The molecule has 0 aromatic heterocycles. The van der Waals surface area contributed by atoms with Gasteiger partial charge in [0.2, 0.25) is 0 Å². The molecule has 0 saturated heterocycles. The molecule has 0 aliphatic rings. The fourth-order valence-electron chi connectivity index (χ4n) is 2.21. The van der Waals surface area contributed by atoms with Crippen LogP contribution >= 0.6 is 0 Å². The van der Waals surface area contributed by atoms with Crippen molar-refractivity contribution in [1.82, 2.24) is 0 Å². The summed E-state index contributed by atoms with van der Waals surface area (Å²) in [5.41, 5.74) is 0. The van der Waals surface area contributed by atoms with E-state index < -0.39 is 33.8 Å². The summed E-state index contributed by atoms with van der Waals surface area (Å²) in [7, 11) is -7.80. The lowest BCUT2D eigenvalue weighted by Gasteiger charge is -2.43. The molecule has 3 nitrogen and oxygen atoms in total. The minimum absolute atomic E-state index is 0.595. The maximum Gasteiger partial charge on any atom is 0.469 e. The largest absolute Gasteiger partial charge is 0.469 e. The molecule has 22 heavy (non-hydrogen) atoms. The van der Waals surface area contributed by atoms with Gasteiger partial charge in [-0.2, -0.15) is 0 Å². The first-order valence-corrected chi connectivity index (χ1v) is 20.6. The third-order valence-corrected chi connectivity index (χ3v) is 14.5. The molecule has 0 atom stereocenters. The monoisotopic (exact) mass is 379 g/mol. The van der Waals surface area contributed by atoms with E-state index in [-0.39, 0.29) is 0 Å². The summed E-state index contributed by atoms with van der Waals surface area (Å²) in [6, 6.07) is 0.921. The van der Waals surface area contributed by atoms with E-state index in [2.05, 4.69) is 79.2 Å². The van der Waals surface area contributed by atoms with E-state index in [9.17, 15) is 0 Å². The summed E-state index contributed by atoms with van der Waals surface area (Å²) in [5, 5.41) is 0. The van der Waals surface area contributed by atoms with E-state index >= 15 is 0 Å². The zero-order valence-corrected chi connectivity index (χ0v) is 20.8. The molecule has 0 bridgehead atoms. The van der Waals surface area contributed by atoms with Crippen LogP contribution in [0.4, 0.5) is 0 Å². The van der Waals surface area contributed by atoms with Crippen molar-refractivity contribution in [3.8, 4) is 0 Å². The smallest absolute Gasteiger partial charge is 0.417 e. The zero-order valence-electron chi connectivity index (χ0n) is 16.8. The van der Waals surface area contributed by atoms with Gasteiger partial charge in [0.25, 0.3) is 0 Å². The third-order valence-electron chi connectivity index (χ3n) is 2.47. The normalized spacial score (nSPS) is 14.7. The maximum atomic E-state index is 6.64. The molecule has 0 fully saturated rings. The molecule has 1 radical (unpaired) electrons.